The lowest BCUT2D eigenvalue weighted by Gasteiger charge is -2.22. The summed E-state index contributed by atoms with van der Waals surface area (Å²) in [5.74, 6) is 0.110. The molecule has 130 valence electrons. The van der Waals surface area contributed by atoms with Crippen molar-refractivity contribution in [2.24, 2.45) is 0 Å². The molecule has 0 spiro atoms. The Labute approximate surface area is 145 Å². The summed E-state index contributed by atoms with van der Waals surface area (Å²) in [6.45, 7) is 4.86. The zero-order valence-electron chi connectivity index (χ0n) is 14.2. The van der Waals surface area contributed by atoms with Crippen molar-refractivity contribution >= 4 is 16.8 Å². The summed E-state index contributed by atoms with van der Waals surface area (Å²) >= 11 is 0. The van der Waals surface area contributed by atoms with Crippen molar-refractivity contribution in [1.29, 1.82) is 0 Å². The fourth-order valence-corrected chi connectivity index (χ4v) is 3.45. The van der Waals surface area contributed by atoms with Crippen molar-refractivity contribution in [3.8, 4) is 11.4 Å². The topological polar surface area (TPSA) is 87.0 Å². The fourth-order valence-electron chi connectivity index (χ4n) is 3.45. The number of carbonyl (C=O) groups excluding carboxylic acids is 1. The van der Waals surface area contributed by atoms with Crippen LogP contribution in [-0.4, -0.2) is 51.6 Å². The average Bonchev–Trinajstić information content (AvgIpc) is 3.38. The van der Waals surface area contributed by atoms with Crippen molar-refractivity contribution in [2.75, 3.05) is 19.6 Å². The number of fused-ring (bicyclic) bond motifs is 1. The van der Waals surface area contributed by atoms with Gasteiger partial charge in [0.15, 0.2) is 0 Å². The van der Waals surface area contributed by atoms with E-state index in [2.05, 4.69) is 32.3 Å². The second-order valence-electron chi connectivity index (χ2n) is 6.34. The van der Waals surface area contributed by atoms with Crippen LogP contribution in [-0.2, 0) is 0 Å². The van der Waals surface area contributed by atoms with Gasteiger partial charge in [-0.2, -0.15) is 4.98 Å². The summed E-state index contributed by atoms with van der Waals surface area (Å²) < 4.78 is 5.15. The van der Waals surface area contributed by atoms with Gasteiger partial charge >= 0.3 is 11.8 Å². The van der Waals surface area contributed by atoms with E-state index >= 15 is 0 Å². The number of aromatic amines is 1. The first kappa shape index (κ1) is 15.8. The van der Waals surface area contributed by atoms with Crippen molar-refractivity contribution in [1.82, 2.24) is 25.3 Å². The second kappa shape index (κ2) is 6.68. The van der Waals surface area contributed by atoms with E-state index < -0.39 is 0 Å². The van der Waals surface area contributed by atoms with Gasteiger partial charge in [-0.15, -0.1) is 0 Å². The van der Waals surface area contributed by atoms with Crippen molar-refractivity contribution in [3.05, 3.63) is 36.4 Å². The van der Waals surface area contributed by atoms with E-state index in [9.17, 15) is 4.79 Å². The zero-order valence-corrected chi connectivity index (χ0v) is 14.2. The molecule has 2 N–H and O–H groups in total. The van der Waals surface area contributed by atoms with Gasteiger partial charge < -0.3 is 14.8 Å². The van der Waals surface area contributed by atoms with Crippen LogP contribution in [0, 0.1) is 0 Å². The van der Waals surface area contributed by atoms with Gasteiger partial charge in [0.2, 0.25) is 5.82 Å². The predicted octanol–water partition coefficient (Wildman–Crippen LogP) is 2.43. The van der Waals surface area contributed by atoms with Crippen LogP contribution in [0.4, 0.5) is 0 Å². The number of hydrogen-bond acceptors (Lipinski definition) is 5. The molecule has 7 heteroatoms. The first-order valence-electron chi connectivity index (χ1n) is 8.68. The molecule has 1 aliphatic rings. The van der Waals surface area contributed by atoms with E-state index in [4.69, 9.17) is 4.52 Å². The lowest BCUT2D eigenvalue weighted by atomic mass is 10.1. The number of carbonyl (C=O) groups is 1. The number of nitrogens with zero attached hydrogens (tertiary/aromatic N) is 3. The number of nitrogens with one attached hydrogen (secondary N) is 2. The van der Waals surface area contributed by atoms with Crippen molar-refractivity contribution < 1.29 is 9.32 Å². The Balaban J connectivity index is 1.44. The Kier molecular flexibility index (Phi) is 4.23. The van der Waals surface area contributed by atoms with Gasteiger partial charge in [0.1, 0.15) is 0 Å². The molecule has 3 aromatic rings. The van der Waals surface area contributed by atoms with Crippen LogP contribution in [0.5, 0.6) is 0 Å². The van der Waals surface area contributed by atoms with Crippen LogP contribution in [0.1, 0.15) is 30.5 Å². The quantitative estimate of drug-likeness (QED) is 0.745. The van der Waals surface area contributed by atoms with Gasteiger partial charge in [0.25, 0.3) is 0 Å². The molecule has 25 heavy (non-hydrogen) atoms. The van der Waals surface area contributed by atoms with Crippen LogP contribution in [0.25, 0.3) is 22.3 Å². The van der Waals surface area contributed by atoms with E-state index in [1.54, 1.807) is 0 Å². The molecular weight excluding hydrogens is 318 g/mol. The van der Waals surface area contributed by atoms with Crippen LogP contribution in [0.15, 0.2) is 35.0 Å². The highest BCUT2D eigenvalue weighted by atomic mass is 16.5. The highest BCUT2D eigenvalue weighted by Gasteiger charge is 2.24. The fraction of sp³-hybridized carbons (Fsp3) is 0.389. The molecule has 1 amide bonds. The van der Waals surface area contributed by atoms with Gasteiger partial charge in [-0.25, -0.2) is 0 Å². The third kappa shape index (κ3) is 3.15. The molecular formula is C18H21N5O2. The van der Waals surface area contributed by atoms with Gasteiger partial charge in [-0.1, -0.05) is 12.1 Å². The molecule has 1 saturated heterocycles. The second-order valence-corrected chi connectivity index (χ2v) is 6.34. The standard InChI is InChI=1S/C18H21N5O2/c1-2-23-9-3-4-14(23)11-20-17(24)18-21-16(22-25-18)13-5-6-15-12(10-13)7-8-19-15/h5-8,10,14,19H,2-4,9,11H2,1H3,(H,20,24)/t14-/m1/s1. The highest BCUT2D eigenvalue weighted by molar-refractivity contribution is 5.90. The highest BCUT2D eigenvalue weighted by Crippen LogP contribution is 2.21. The number of H-pyrrole nitrogens is 1. The Morgan fingerprint density at radius 3 is 3.24 bits per heavy atom. The summed E-state index contributed by atoms with van der Waals surface area (Å²) in [4.78, 5) is 22.0. The van der Waals surface area contributed by atoms with Gasteiger partial charge in [-0.05, 0) is 50.2 Å². The van der Waals surface area contributed by atoms with Gasteiger partial charge in [0.05, 0.1) is 0 Å². The Morgan fingerprint density at radius 2 is 2.36 bits per heavy atom. The van der Waals surface area contributed by atoms with Gasteiger partial charge in [0, 0.05) is 35.2 Å². The number of likely N-dealkylation sites (tertiary alicyclic amines) is 1. The number of likely N-dealkylation sites (N-methyl/N-ethyl adjacent to an activating group) is 1. The van der Waals surface area contributed by atoms with E-state index in [0.29, 0.717) is 18.4 Å². The molecule has 2 aromatic heterocycles. The van der Waals surface area contributed by atoms with E-state index in [1.165, 1.54) is 6.42 Å². The molecule has 7 nitrogen and oxygen atoms in total. The lowest BCUT2D eigenvalue weighted by molar-refractivity contribution is 0.0897. The minimum Gasteiger partial charge on any atom is -0.361 e. The molecule has 1 aromatic carbocycles. The Morgan fingerprint density at radius 1 is 1.44 bits per heavy atom. The first-order chi connectivity index (χ1) is 12.2. The Hall–Kier alpha value is -2.67. The summed E-state index contributed by atoms with van der Waals surface area (Å²) in [6.07, 6.45) is 4.17. The molecule has 1 aliphatic heterocycles. The third-order valence-corrected chi connectivity index (χ3v) is 4.84. The third-order valence-electron chi connectivity index (χ3n) is 4.84. The number of rotatable bonds is 5. The molecule has 1 atom stereocenters. The summed E-state index contributed by atoms with van der Waals surface area (Å²) in [5.41, 5.74) is 1.87. The number of hydrogen-bond donors (Lipinski definition) is 2. The minimum absolute atomic E-state index is 0.00482. The molecule has 3 heterocycles. The normalized spacial score (nSPS) is 18.0. The summed E-state index contributed by atoms with van der Waals surface area (Å²) in [7, 11) is 0. The SMILES string of the molecule is CCN1CCC[C@@H]1CNC(=O)c1nc(-c2ccc3[nH]ccc3c2)no1. The maximum absolute atomic E-state index is 12.3. The van der Waals surface area contributed by atoms with Crippen molar-refractivity contribution in [2.45, 2.75) is 25.8 Å². The van der Waals surface area contributed by atoms with Gasteiger partial charge in [-0.3, -0.25) is 9.69 Å². The molecule has 0 bridgehead atoms. The van der Waals surface area contributed by atoms with E-state index in [-0.39, 0.29) is 11.8 Å². The largest absolute Gasteiger partial charge is 0.361 e. The molecule has 0 unspecified atom stereocenters. The van der Waals surface area contributed by atoms with Crippen LogP contribution in [0.3, 0.4) is 0 Å². The summed E-state index contributed by atoms with van der Waals surface area (Å²) in [5, 5.41) is 7.92. The maximum atomic E-state index is 12.3. The van der Waals surface area contributed by atoms with Crippen LogP contribution < -0.4 is 5.32 Å². The number of benzene rings is 1. The molecule has 0 radical (unpaired) electrons. The van der Waals surface area contributed by atoms with E-state index in [1.807, 2.05) is 30.5 Å². The van der Waals surface area contributed by atoms with E-state index in [0.717, 1.165) is 36.0 Å². The monoisotopic (exact) mass is 339 g/mol. The first-order valence-corrected chi connectivity index (χ1v) is 8.68. The lowest BCUT2D eigenvalue weighted by Crippen LogP contribution is -2.40. The van der Waals surface area contributed by atoms with Crippen LogP contribution >= 0.6 is 0 Å². The molecule has 0 aliphatic carbocycles. The smallest absolute Gasteiger partial charge is 0.316 e. The maximum Gasteiger partial charge on any atom is 0.316 e. The van der Waals surface area contributed by atoms with Crippen LogP contribution in [0.2, 0.25) is 0 Å². The average molecular weight is 339 g/mol. The number of aromatic nitrogens is 3. The summed E-state index contributed by atoms with van der Waals surface area (Å²) in [6, 6.07) is 8.21. The zero-order chi connectivity index (χ0) is 17.2. The number of amides is 1. The molecule has 0 saturated carbocycles. The predicted molar refractivity (Wildman–Crippen MR) is 94.2 cm³/mol. The minimum atomic E-state index is -0.315. The van der Waals surface area contributed by atoms with Crippen molar-refractivity contribution in [3.63, 3.8) is 0 Å². The Bertz CT molecular complexity index is 884. The molecule has 1 fully saturated rings. The molecule has 4 rings (SSSR count).